The first-order chi connectivity index (χ1) is 7.47. The molecule has 0 fully saturated rings. The molecule has 1 nitrogen and oxygen atoms in total. The Bertz CT molecular complexity index is 404. The smallest absolute Gasteiger partial charge is 0.133 e. The van der Waals surface area contributed by atoms with E-state index in [0.717, 1.165) is 5.56 Å². The van der Waals surface area contributed by atoms with Crippen molar-refractivity contribution in [1.82, 2.24) is 0 Å². The monoisotopic (exact) mass is 230 g/mol. The molecule has 0 heterocycles. The maximum Gasteiger partial charge on any atom is 0.133 e. The SMILES string of the molecule is C[Si](C)(C)C#CC(O)C=Cc1ccccc1. The van der Waals surface area contributed by atoms with Crippen molar-refractivity contribution < 1.29 is 5.11 Å². The second-order valence-electron chi connectivity index (χ2n) is 4.73. The van der Waals surface area contributed by atoms with Gasteiger partial charge in [0.05, 0.1) is 0 Å². The van der Waals surface area contributed by atoms with Gasteiger partial charge in [0.1, 0.15) is 14.2 Å². The van der Waals surface area contributed by atoms with E-state index in [9.17, 15) is 5.11 Å². The molecule has 0 aliphatic rings. The molecule has 0 saturated heterocycles. The average Bonchev–Trinajstić information content (AvgIpc) is 2.24. The van der Waals surface area contributed by atoms with E-state index in [1.54, 1.807) is 6.08 Å². The third kappa shape index (κ3) is 5.55. The molecule has 0 aliphatic carbocycles. The molecule has 0 radical (unpaired) electrons. The van der Waals surface area contributed by atoms with E-state index in [-0.39, 0.29) is 0 Å². The fourth-order valence-corrected chi connectivity index (χ4v) is 1.69. The van der Waals surface area contributed by atoms with Crippen LogP contribution in [0, 0.1) is 11.5 Å². The van der Waals surface area contributed by atoms with Gasteiger partial charge in [0.15, 0.2) is 0 Å². The van der Waals surface area contributed by atoms with Crippen LogP contribution < -0.4 is 0 Å². The van der Waals surface area contributed by atoms with Crippen LogP contribution in [0.2, 0.25) is 19.6 Å². The number of rotatable bonds is 2. The molecule has 0 amide bonds. The summed E-state index contributed by atoms with van der Waals surface area (Å²) in [7, 11) is -1.38. The minimum absolute atomic E-state index is 0.660. The van der Waals surface area contributed by atoms with Crippen molar-refractivity contribution >= 4 is 14.1 Å². The van der Waals surface area contributed by atoms with Crippen LogP contribution in [-0.2, 0) is 0 Å². The van der Waals surface area contributed by atoms with Gasteiger partial charge in [0, 0.05) is 0 Å². The quantitative estimate of drug-likeness (QED) is 0.612. The molecule has 1 rings (SSSR count). The van der Waals surface area contributed by atoms with Crippen molar-refractivity contribution in [1.29, 1.82) is 0 Å². The van der Waals surface area contributed by atoms with E-state index in [1.165, 1.54) is 0 Å². The first-order valence-corrected chi connectivity index (χ1v) is 8.91. The van der Waals surface area contributed by atoms with Crippen molar-refractivity contribution in [2.75, 3.05) is 0 Å². The van der Waals surface area contributed by atoms with Crippen molar-refractivity contribution in [2.24, 2.45) is 0 Å². The van der Waals surface area contributed by atoms with Gasteiger partial charge in [-0.2, -0.15) is 0 Å². The molecule has 1 atom stereocenters. The lowest BCUT2D eigenvalue weighted by Gasteiger charge is -2.04. The van der Waals surface area contributed by atoms with Crippen LogP contribution >= 0.6 is 0 Å². The molecule has 16 heavy (non-hydrogen) atoms. The molecule has 1 aromatic carbocycles. The van der Waals surface area contributed by atoms with Crippen molar-refractivity contribution in [2.45, 2.75) is 25.7 Å². The largest absolute Gasteiger partial charge is 0.377 e. The highest BCUT2D eigenvalue weighted by atomic mass is 28.3. The third-order valence-electron chi connectivity index (χ3n) is 1.87. The minimum Gasteiger partial charge on any atom is -0.377 e. The molecule has 84 valence electrons. The van der Waals surface area contributed by atoms with Crippen LogP contribution in [0.5, 0.6) is 0 Å². The van der Waals surface area contributed by atoms with Crippen LogP contribution in [0.4, 0.5) is 0 Å². The van der Waals surface area contributed by atoms with Gasteiger partial charge in [-0.1, -0.05) is 62.0 Å². The summed E-state index contributed by atoms with van der Waals surface area (Å²) in [5.74, 6) is 2.87. The summed E-state index contributed by atoms with van der Waals surface area (Å²) < 4.78 is 0. The third-order valence-corrected chi connectivity index (χ3v) is 2.76. The van der Waals surface area contributed by atoms with Gasteiger partial charge in [0.2, 0.25) is 0 Å². The van der Waals surface area contributed by atoms with Gasteiger partial charge in [0.25, 0.3) is 0 Å². The zero-order chi connectivity index (χ0) is 12.0. The average molecular weight is 230 g/mol. The fourth-order valence-electron chi connectivity index (χ4n) is 1.10. The standard InChI is InChI=1S/C14H18OSi/c1-16(2,3)12-11-14(15)10-9-13-7-5-4-6-8-13/h4-10,14-15H,1-3H3. The fraction of sp³-hybridized carbons (Fsp3) is 0.286. The summed E-state index contributed by atoms with van der Waals surface area (Å²) in [6.45, 7) is 6.48. The van der Waals surface area contributed by atoms with Gasteiger partial charge in [-0.3, -0.25) is 0 Å². The number of hydrogen-bond acceptors (Lipinski definition) is 1. The van der Waals surface area contributed by atoms with Gasteiger partial charge < -0.3 is 5.11 Å². The van der Waals surface area contributed by atoms with Crippen molar-refractivity contribution in [3.63, 3.8) is 0 Å². The second-order valence-corrected chi connectivity index (χ2v) is 9.48. The number of benzene rings is 1. The number of hydrogen-bond donors (Lipinski definition) is 1. The topological polar surface area (TPSA) is 20.2 Å². The highest BCUT2D eigenvalue weighted by Crippen LogP contribution is 2.02. The Labute approximate surface area is 98.8 Å². The zero-order valence-electron chi connectivity index (χ0n) is 10.1. The summed E-state index contributed by atoms with van der Waals surface area (Å²) in [6.07, 6.45) is 2.96. The first kappa shape index (κ1) is 12.8. The van der Waals surface area contributed by atoms with Crippen LogP contribution in [0.15, 0.2) is 36.4 Å². The van der Waals surface area contributed by atoms with Gasteiger partial charge in [-0.05, 0) is 11.6 Å². The summed E-state index contributed by atoms with van der Waals surface area (Å²) in [6, 6.07) is 9.91. The summed E-state index contributed by atoms with van der Waals surface area (Å²) in [4.78, 5) is 0. The zero-order valence-corrected chi connectivity index (χ0v) is 11.1. The Morgan fingerprint density at radius 1 is 1.19 bits per heavy atom. The normalized spacial score (nSPS) is 13.2. The van der Waals surface area contributed by atoms with Gasteiger partial charge >= 0.3 is 0 Å². The molecule has 0 aliphatic heterocycles. The lowest BCUT2D eigenvalue weighted by molar-refractivity contribution is 0.281. The molecule has 0 spiro atoms. The van der Waals surface area contributed by atoms with Crippen LogP contribution in [0.1, 0.15) is 5.56 Å². The Hall–Kier alpha value is -1.30. The minimum atomic E-state index is -1.38. The summed E-state index contributed by atoms with van der Waals surface area (Å²) >= 11 is 0. The predicted molar refractivity (Wildman–Crippen MR) is 72.6 cm³/mol. The van der Waals surface area contributed by atoms with E-state index in [0.29, 0.717) is 0 Å². The molecule has 1 unspecified atom stereocenters. The number of aliphatic hydroxyl groups excluding tert-OH is 1. The highest BCUT2D eigenvalue weighted by Gasteiger charge is 2.07. The summed E-state index contributed by atoms with van der Waals surface area (Å²) in [5.41, 5.74) is 4.23. The Kier molecular flexibility index (Phi) is 4.54. The van der Waals surface area contributed by atoms with Crippen LogP contribution in [0.3, 0.4) is 0 Å². The Balaban J connectivity index is 2.61. The molecule has 2 heteroatoms. The summed E-state index contributed by atoms with van der Waals surface area (Å²) in [5, 5.41) is 9.64. The second kappa shape index (κ2) is 5.69. The van der Waals surface area contributed by atoms with E-state index in [2.05, 4.69) is 31.1 Å². The van der Waals surface area contributed by atoms with E-state index >= 15 is 0 Å². The van der Waals surface area contributed by atoms with Gasteiger partial charge in [-0.25, -0.2) is 0 Å². The lowest BCUT2D eigenvalue weighted by atomic mass is 10.2. The molecule has 0 bridgehead atoms. The maximum atomic E-state index is 9.64. The molecule has 1 N–H and O–H groups in total. The van der Waals surface area contributed by atoms with Crippen molar-refractivity contribution in [3.8, 4) is 11.5 Å². The Morgan fingerprint density at radius 3 is 2.38 bits per heavy atom. The molecular weight excluding hydrogens is 212 g/mol. The molecule has 0 saturated carbocycles. The van der Waals surface area contributed by atoms with Crippen LogP contribution in [0.25, 0.3) is 6.08 Å². The van der Waals surface area contributed by atoms with Crippen LogP contribution in [-0.4, -0.2) is 19.3 Å². The highest BCUT2D eigenvalue weighted by molar-refractivity contribution is 6.83. The molecule has 0 aromatic heterocycles. The Morgan fingerprint density at radius 2 is 1.81 bits per heavy atom. The molecular formula is C14H18OSi. The van der Waals surface area contributed by atoms with E-state index < -0.39 is 14.2 Å². The molecule has 1 aromatic rings. The van der Waals surface area contributed by atoms with E-state index in [4.69, 9.17) is 0 Å². The lowest BCUT2D eigenvalue weighted by Crippen LogP contribution is -2.17. The van der Waals surface area contributed by atoms with Crippen molar-refractivity contribution in [3.05, 3.63) is 42.0 Å². The first-order valence-electron chi connectivity index (χ1n) is 5.41. The van der Waals surface area contributed by atoms with Gasteiger partial charge in [-0.15, -0.1) is 5.54 Å². The van der Waals surface area contributed by atoms with E-state index in [1.807, 2.05) is 36.4 Å². The predicted octanol–water partition coefficient (Wildman–Crippen LogP) is 2.94. The number of aliphatic hydroxyl groups is 1. The maximum absolute atomic E-state index is 9.64.